The van der Waals surface area contributed by atoms with Crippen LogP contribution in [-0.4, -0.2) is 29.2 Å². The molecule has 0 aromatic rings. The van der Waals surface area contributed by atoms with E-state index >= 15 is 0 Å². The molecule has 0 radical (unpaired) electrons. The van der Waals surface area contributed by atoms with Crippen LogP contribution in [0.25, 0.3) is 0 Å². The number of hydrogen-bond donors (Lipinski definition) is 2. The molecule has 0 fully saturated rings. The number of hydrogen-bond acceptors (Lipinski definition) is 2. The number of carboxylic acid groups (broad SMARTS) is 1. The van der Waals surface area contributed by atoms with Gasteiger partial charge >= 0.3 is 5.97 Å². The van der Waals surface area contributed by atoms with Crippen molar-refractivity contribution in [3.63, 3.8) is 0 Å². The molecule has 0 saturated carbocycles. The standard InChI is InChI=1S/C10H12FNO3/c11-10(5-2-1-3-6-10)9(15)12-7-4-8(13)14/h2-3,5-6H,1,4,7H2,(H,12,15)(H,13,14). The Morgan fingerprint density at radius 3 is 2.53 bits per heavy atom. The van der Waals surface area contributed by atoms with Crippen LogP contribution >= 0.6 is 0 Å². The maximum Gasteiger partial charge on any atom is 0.305 e. The van der Waals surface area contributed by atoms with E-state index in [1.807, 2.05) is 0 Å². The molecule has 2 N–H and O–H groups in total. The van der Waals surface area contributed by atoms with Crippen molar-refractivity contribution in [1.29, 1.82) is 0 Å². The number of rotatable bonds is 4. The molecule has 82 valence electrons. The van der Waals surface area contributed by atoms with Gasteiger partial charge < -0.3 is 10.4 Å². The Labute approximate surface area is 86.5 Å². The summed E-state index contributed by atoms with van der Waals surface area (Å²) in [6, 6.07) is 0. The molecular formula is C10H12FNO3. The van der Waals surface area contributed by atoms with Gasteiger partial charge in [0.25, 0.3) is 5.91 Å². The highest BCUT2D eigenvalue weighted by Gasteiger charge is 2.33. The molecule has 0 aliphatic heterocycles. The molecule has 0 heterocycles. The highest BCUT2D eigenvalue weighted by molar-refractivity contribution is 5.90. The predicted molar refractivity (Wildman–Crippen MR) is 52.0 cm³/mol. The van der Waals surface area contributed by atoms with Gasteiger partial charge in [0.15, 0.2) is 0 Å². The molecule has 5 heteroatoms. The Hall–Kier alpha value is -1.65. The van der Waals surface area contributed by atoms with E-state index in [4.69, 9.17) is 5.11 Å². The lowest BCUT2D eigenvalue weighted by Gasteiger charge is -2.18. The molecule has 0 aromatic heterocycles. The third-order valence-electron chi connectivity index (χ3n) is 1.97. The second-order valence-electron chi connectivity index (χ2n) is 3.21. The first-order chi connectivity index (χ1) is 7.04. The summed E-state index contributed by atoms with van der Waals surface area (Å²) in [4.78, 5) is 21.5. The van der Waals surface area contributed by atoms with Crippen molar-refractivity contribution in [2.75, 3.05) is 6.54 Å². The number of carboxylic acids is 1. The summed E-state index contributed by atoms with van der Waals surface area (Å²) in [5.74, 6) is -1.85. The molecule has 0 aromatic carbocycles. The smallest absolute Gasteiger partial charge is 0.305 e. The van der Waals surface area contributed by atoms with Gasteiger partial charge in [-0.25, -0.2) is 4.39 Å². The summed E-state index contributed by atoms with van der Waals surface area (Å²) >= 11 is 0. The molecule has 0 saturated heterocycles. The highest BCUT2D eigenvalue weighted by Crippen LogP contribution is 2.20. The van der Waals surface area contributed by atoms with E-state index in [9.17, 15) is 14.0 Å². The highest BCUT2D eigenvalue weighted by atomic mass is 19.1. The first kappa shape index (κ1) is 11.4. The number of carbonyl (C=O) groups excluding carboxylic acids is 1. The minimum atomic E-state index is -2.13. The fourth-order valence-corrected chi connectivity index (χ4v) is 1.18. The Balaban J connectivity index is 2.45. The van der Waals surface area contributed by atoms with Gasteiger partial charge in [-0.1, -0.05) is 12.2 Å². The van der Waals surface area contributed by atoms with E-state index < -0.39 is 17.5 Å². The molecule has 4 nitrogen and oxygen atoms in total. The Morgan fingerprint density at radius 2 is 2.00 bits per heavy atom. The van der Waals surface area contributed by atoms with Crippen LogP contribution < -0.4 is 5.32 Å². The molecule has 0 atom stereocenters. The average Bonchev–Trinajstić information content (AvgIpc) is 2.18. The monoisotopic (exact) mass is 213 g/mol. The predicted octanol–water partition coefficient (Wildman–Crippen LogP) is 0.802. The second kappa shape index (κ2) is 4.72. The quantitative estimate of drug-likeness (QED) is 0.679. The van der Waals surface area contributed by atoms with Crippen molar-refractivity contribution in [3.8, 4) is 0 Å². The van der Waals surface area contributed by atoms with Crippen LogP contribution in [0.1, 0.15) is 12.8 Å². The summed E-state index contributed by atoms with van der Waals surface area (Å²) in [5, 5.41) is 10.6. The van der Waals surface area contributed by atoms with Crippen molar-refractivity contribution < 1.29 is 19.1 Å². The van der Waals surface area contributed by atoms with Crippen molar-refractivity contribution in [3.05, 3.63) is 24.3 Å². The number of amides is 1. The average molecular weight is 213 g/mol. The Morgan fingerprint density at radius 1 is 1.40 bits per heavy atom. The van der Waals surface area contributed by atoms with Crippen LogP contribution in [0.5, 0.6) is 0 Å². The van der Waals surface area contributed by atoms with Gasteiger partial charge in [-0.2, -0.15) is 0 Å². The molecule has 1 aliphatic rings. The van der Waals surface area contributed by atoms with E-state index in [1.54, 1.807) is 12.2 Å². The van der Waals surface area contributed by atoms with Gasteiger partial charge in [0.2, 0.25) is 5.67 Å². The Bertz CT molecular complexity index is 311. The minimum absolute atomic E-state index is 0.0679. The van der Waals surface area contributed by atoms with Gasteiger partial charge in [-0.05, 0) is 18.6 Å². The number of halogens is 1. The van der Waals surface area contributed by atoms with Crippen LogP contribution in [0, 0.1) is 0 Å². The summed E-state index contributed by atoms with van der Waals surface area (Å²) in [6.07, 6.45) is 5.84. The number of nitrogens with one attached hydrogen (secondary N) is 1. The lowest BCUT2D eigenvalue weighted by molar-refractivity contribution is -0.137. The molecule has 15 heavy (non-hydrogen) atoms. The molecule has 1 amide bonds. The summed E-state index contributed by atoms with van der Waals surface area (Å²) < 4.78 is 13.8. The fourth-order valence-electron chi connectivity index (χ4n) is 1.18. The normalized spacial score (nSPS) is 17.4. The first-order valence-corrected chi connectivity index (χ1v) is 4.59. The zero-order chi connectivity index (χ0) is 11.3. The van der Waals surface area contributed by atoms with E-state index in [2.05, 4.69) is 5.32 Å². The summed E-state index contributed by atoms with van der Waals surface area (Å²) in [5.41, 5.74) is -2.13. The minimum Gasteiger partial charge on any atom is -0.481 e. The SMILES string of the molecule is O=C(O)CCNC(=O)C1(F)C=CCC=C1. The number of alkyl halides is 1. The topological polar surface area (TPSA) is 66.4 Å². The van der Waals surface area contributed by atoms with E-state index in [-0.39, 0.29) is 13.0 Å². The lowest BCUT2D eigenvalue weighted by atomic mass is 9.99. The zero-order valence-electron chi connectivity index (χ0n) is 8.07. The van der Waals surface area contributed by atoms with Crippen LogP contribution in [0.2, 0.25) is 0 Å². The number of aliphatic carboxylic acids is 1. The van der Waals surface area contributed by atoms with Gasteiger partial charge in [-0.15, -0.1) is 0 Å². The molecular weight excluding hydrogens is 201 g/mol. The fraction of sp³-hybridized carbons (Fsp3) is 0.400. The van der Waals surface area contributed by atoms with Gasteiger partial charge in [0.1, 0.15) is 0 Å². The van der Waals surface area contributed by atoms with E-state index in [0.717, 1.165) is 0 Å². The van der Waals surface area contributed by atoms with E-state index in [1.165, 1.54) is 12.2 Å². The van der Waals surface area contributed by atoms with Crippen molar-refractivity contribution in [2.24, 2.45) is 0 Å². The summed E-state index contributed by atoms with van der Waals surface area (Å²) in [7, 11) is 0. The Kier molecular flexibility index (Phi) is 3.60. The third kappa shape index (κ3) is 3.19. The maximum absolute atomic E-state index is 13.8. The van der Waals surface area contributed by atoms with Crippen molar-refractivity contribution in [1.82, 2.24) is 5.32 Å². The van der Waals surface area contributed by atoms with Crippen LogP contribution in [-0.2, 0) is 9.59 Å². The molecule has 1 aliphatic carbocycles. The maximum atomic E-state index is 13.8. The van der Waals surface area contributed by atoms with Crippen molar-refractivity contribution in [2.45, 2.75) is 18.5 Å². The zero-order valence-corrected chi connectivity index (χ0v) is 8.07. The van der Waals surface area contributed by atoms with E-state index in [0.29, 0.717) is 6.42 Å². The van der Waals surface area contributed by atoms with Gasteiger partial charge in [-0.3, -0.25) is 9.59 Å². The number of allylic oxidation sites excluding steroid dienone is 2. The lowest BCUT2D eigenvalue weighted by Crippen LogP contribution is -2.41. The molecule has 1 rings (SSSR count). The molecule has 0 unspecified atom stereocenters. The van der Waals surface area contributed by atoms with Crippen LogP contribution in [0.15, 0.2) is 24.3 Å². The number of carbonyl (C=O) groups is 2. The van der Waals surface area contributed by atoms with Crippen molar-refractivity contribution >= 4 is 11.9 Å². The molecule has 0 bridgehead atoms. The van der Waals surface area contributed by atoms with Crippen LogP contribution in [0.3, 0.4) is 0 Å². The third-order valence-corrected chi connectivity index (χ3v) is 1.97. The largest absolute Gasteiger partial charge is 0.481 e. The molecule has 0 spiro atoms. The van der Waals surface area contributed by atoms with Crippen LogP contribution in [0.4, 0.5) is 4.39 Å². The van der Waals surface area contributed by atoms with Gasteiger partial charge in [0.05, 0.1) is 6.42 Å². The second-order valence-corrected chi connectivity index (χ2v) is 3.21. The summed E-state index contributed by atoms with van der Waals surface area (Å²) in [6.45, 7) is -0.0679. The first-order valence-electron chi connectivity index (χ1n) is 4.59. The van der Waals surface area contributed by atoms with Gasteiger partial charge in [0, 0.05) is 6.54 Å².